The molecule has 3 amide bonds. The molecule has 1 aromatic carbocycles. The first kappa shape index (κ1) is 19.1. The summed E-state index contributed by atoms with van der Waals surface area (Å²) in [7, 11) is 1.35. The molecule has 2 N–H and O–H groups in total. The Morgan fingerprint density at radius 2 is 1.75 bits per heavy atom. The normalized spacial score (nSPS) is 11.1. The van der Waals surface area contributed by atoms with Crippen molar-refractivity contribution < 1.29 is 28.7 Å². The summed E-state index contributed by atoms with van der Waals surface area (Å²) in [6.45, 7) is 2.70. The lowest BCUT2D eigenvalue weighted by molar-refractivity contribution is -0.156. The number of ketones is 1. The van der Waals surface area contributed by atoms with E-state index >= 15 is 0 Å². The van der Waals surface area contributed by atoms with Crippen LogP contribution in [0.2, 0.25) is 0 Å². The van der Waals surface area contributed by atoms with E-state index in [0.717, 1.165) is 0 Å². The Balaban J connectivity index is 2.44. The highest BCUT2D eigenvalue weighted by atomic mass is 16.6. The van der Waals surface area contributed by atoms with Crippen molar-refractivity contribution in [2.45, 2.75) is 26.4 Å². The molecule has 0 saturated carbocycles. The number of urea groups is 1. The van der Waals surface area contributed by atoms with Gasteiger partial charge in [-0.1, -0.05) is 6.92 Å². The first-order valence-electron chi connectivity index (χ1n) is 7.35. The molecule has 24 heavy (non-hydrogen) atoms. The summed E-state index contributed by atoms with van der Waals surface area (Å²) in [6.07, 6.45) is -0.731. The van der Waals surface area contributed by atoms with Crippen LogP contribution in [0.3, 0.4) is 0 Å². The molecule has 0 aliphatic heterocycles. The van der Waals surface area contributed by atoms with Crippen LogP contribution in [-0.2, 0) is 14.3 Å². The smallest absolute Gasteiger partial charge is 0.344 e. The van der Waals surface area contributed by atoms with E-state index in [2.05, 4.69) is 5.32 Å². The molecule has 1 aromatic rings. The lowest BCUT2D eigenvalue weighted by Crippen LogP contribution is -2.43. The zero-order valence-electron chi connectivity index (χ0n) is 13.8. The maximum absolute atomic E-state index is 11.6. The van der Waals surface area contributed by atoms with Crippen molar-refractivity contribution in [2.75, 3.05) is 13.7 Å². The number of rotatable bonds is 7. The number of hydrogen-bond donors (Lipinski definition) is 2. The van der Waals surface area contributed by atoms with Gasteiger partial charge in [0.1, 0.15) is 5.75 Å². The van der Waals surface area contributed by atoms with E-state index < -0.39 is 30.6 Å². The fraction of sp³-hybridized carbons (Fsp3) is 0.375. The van der Waals surface area contributed by atoms with E-state index in [9.17, 15) is 19.2 Å². The second-order valence-corrected chi connectivity index (χ2v) is 4.79. The first-order valence-corrected chi connectivity index (χ1v) is 7.35. The van der Waals surface area contributed by atoms with Crippen LogP contribution >= 0.6 is 0 Å². The molecule has 0 spiro atoms. The van der Waals surface area contributed by atoms with Crippen LogP contribution in [-0.4, -0.2) is 43.4 Å². The summed E-state index contributed by atoms with van der Waals surface area (Å²) in [5.41, 5.74) is 0.562. The highest BCUT2D eigenvalue weighted by molar-refractivity contribution is 5.97. The fourth-order valence-electron chi connectivity index (χ4n) is 1.64. The summed E-state index contributed by atoms with van der Waals surface area (Å²) in [5, 5.41) is 4.20. The predicted molar refractivity (Wildman–Crippen MR) is 84.7 cm³/mol. The Bertz CT molecular complexity index is 611. The molecular weight excluding hydrogens is 316 g/mol. The zero-order chi connectivity index (χ0) is 18.1. The van der Waals surface area contributed by atoms with E-state index in [-0.39, 0.29) is 5.78 Å². The number of benzene rings is 1. The highest BCUT2D eigenvalue weighted by Gasteiger charge is 2.19. The van der Waals surface area contributed by atoms with Crippen molar-refractivity contribution in [3.05, 3.63) is 29.8 Å². The summed E-state index contributed by atoms with van der Waals surface area (Å²) < 4.78 is 10.1. The quantitative estimate of drug-likeness (QED) is 0.569. The molecule has 0 saturated heterocycles. The molecule has 1 rings (SSSR count). The van der Waals surface area contributed by atoms with Gasteiger partial charge in [-0.2, -0.15) is 0 Å². The predicted octanol–water partition coefficient (Wildman–Crippen LogP) is 1.05. The standard InChI is InChI=1S/C16H20N2O6/c1-4-13(19)11-5-7-12(8-6-11)23-9-14(20)24-10(2)15(21)18-16(22)17-3/h5-8,10H,4,9H2,1-3H3,(H2,17,18,21,22)/t10-/m1/s1. The van der Waals surface area contributed by atoms with Crippen molar-refractivity contribution in [3.63, 3.8) is 0 Å². The van der Waals surface area contributed by atoms with Crippen LogP contribution < -0.4 is 15.4 Å². The Morgan fingerprint density at radius 3 is 2.29 bits per heavy atom. The van der Waals surface area contributed by atoms with E-state index in [0.29, 0.717) is 17.7 Å². The molecule has 0 bridgehead atoms. The number of Topliss-reactive ketones (excluding diaryl/α,β-unsaturated/α-hetero) is 1. The Hall–Kier alpha value is -2.90. The number of imide groups is 1. The third-order valence-electron chi connectivity index (χ3n) is 3.00. The van der Waals surface area contributed by atoms with E-state index in [1.165, 1.54) is 14.0 Å². The Morgan fingerprint density at radius 1 is 1.12 bits per heavy atom. The van der Waals surface area contributed by atoms with Gasteiger partial charge in [0.2, 0.25) is 0 Å². The Labute approximate surface area is 139 Å². The van der Waals surface area contributed by atoms with Crippen LogP contribution in [0.1, 0.15) is 30.6 Å². The molecule has 8 heteroatoms. The van der Waals surface area contributed by atoms with Crippen LogP contribution in [0.25, 0.3) is 0 Å². The second-order valence-electron chi connectivity index (χ2n) is 4.79. The summed E-state index contributed by atoms with van der Waals surface area (Å²) >= 11 is 0. The lowest BCUT2D eigenvalue weighted by Gasteiger charge is -2.13. The zero-order valence-corrected chi connectivity index (χ0v) is 13.8. The lowest BCUT2D eigenvalue weighted by atomic mass is 10.1. The third kappa shape index (κ3) is 6.07. The summed E-state index contributed by atoms with van der Waals surface area (Å²) in [6, 6.07) is 5.65. The molecule has 1 atom stereocenters. The van der Waals surface area contributed by atoms with Gasteiger partial charge in [0.25, 0.3) is 5.91 Å². The van der Waals surface area contributed by atoms with Crippen molar-refractivity contribution in [1.82, 2.24) is 10.6 Å². The summed E-state index contributed by atoms with van der Waals surface area (Å²) in [4.78, 5) is 45.6. The average molecular weight is 336 g/mol. The van der Waals surface area contributed by atoms with Gasteiger partial charge in [0.15, 0.2) is 18.5 Å². The van der Waals surface area contributed by atoms with Crippen molar-refractivity contribution in [1.29, 1.82) is 0 Å². The number of ether oxygens (including phenoxy) is 2. The first-order chi connectivity index (χ1) is 11.4. The second kappa shape index (κ2) is 9.29. The van der Waals surface area contributed by atoms with E-state index in [1.54, 1.807) is 31.2 Å². The van der Waals surface area contributed by atoms with Gasteiger partial charge < -0.3 is 14.8 Å². The third-order valence-corrected chi connectivity index (χ3v) is 3.00. The SMILES string of the molecule is CCC(=O)c1ccc(OCC(=O)O[C@H](C)C(=O)NC(=O)NC)cc1. The average Bonchev–Trinajstić information content (AvgIpc) is 2.59. The monoisotopic (exact) mass is 336 g/mol. The van der Waals surface area contributed by atoms with Gasteiger partial charge in [0.05, 0.1) is 0 Å². The minimum absolute atomic E-state index is 0.0110. The molecule has 8 nitrogen and oxygen atoms in total. The number of carbonyl (C=O) groups excluding carboxylic acids is 4. The van der Waals surface area contributed by atoms with E-state index in [1.807, 2.05) is 5.32 Å². The van der Waals surface area contributed by atoms with Crippen LogP contribution in [0.5, 0.6) is 5.75 Å². The topological polar surface area (TPSA) is 111 Å². The van der Waals surface area contributed by atoms with Crippen molar-refractivity contribution in [2.24, 2.45) is 0 Å². The minimum atomic E-state index is -1.14. The molecule has 0 heterocycles. The van der Waals surface area contributed by atoms with Crippen LogP contribution in [0.4, 0.5) is 4.79 Å². The molecule has 130 valence electrons. The van der Waals surface area contributed by atoms with Crippen molar-refractivity contribution in [3.8, 4) is 5.75 Å². The molecule has 0 aromatic heterocycles. The number of hydrogen-bond acceptors (Lipinski definition) is 6. The van der Waals surface area contributed by atoms with Crippen molar-refractivity contribution >= 4 is 23.7 Å². The molecule has 0 aliphatic rings. The van der Waals surface area contributed by atoms with Gasteiger partial charge in [-0.15, -0.1) is 0 Å². The molecule has 0 radical (unpaired) electrons. The largest absolute Gasteiger partial charge is 0.482 e. The number of amides is 3. The molecule has 0 aliphatic carbocycles. The maximum atomic E-state index is 11.6. The van der Waals surface area contributed by atoms with E-state index in [4.69, 9.17) is 9.47 Å². The highest BCUT2D eigenvalue weighted by Crippen LogP contribution is 2.13. The molecular formula is C16H20N2O6. The van der Waals surface area contributed by atoms with Gasteiger partial charge in [0, 0.05) is 19.0 Å². The summed E-state index contributed by atoms with van der Waals surface area (Å²) in [5.74, 6) is -1.10. The van der Waals surface area contributed by atoms with Gasteiger partial charge in [-0.3, -0.25) is 14.9 Å². The number of nitrogens with one attached hydrogen (secondary N) is 2. The van der Waals surface area contributed by atoms with Crippen LogP contribution in [0.15, 0.2) is 24.3 Å². The van der Waals surface area contributed by atoms with Gasteiger partial charge in [-0.25, -0.2) is 9.59 Å². The van der Waals surface area contributed by atoms with Crippen LogP contribution in [0, 0.1) is 0 Å². The number of carbonyl (C=O) groups is 4. The fourth-order valence-corrected chi connectivity index (χ4v) is 1.64. The molecule has 0 unspecified atom stereocenters. The Kier molecular flexibility index (Phi) is 7.41. The van der Waals surface area contributed by atoms with Gasteiger partial charge >= 0.3 is 12.0 Å². The maximum Gasteiger partial charge on any atom is 0.344 e. The number of esters is 1. The molecule has 0 fully saturated rings. The minimum Gasteiger partial charge on any atom is -0.482 e. The van der Waals surface area contributed by atoms with Gasteiger partial charge in [-0.05, 0) is 31.2 Å².